The molecule has 25 heavy (non-hydrogen) atoms. The summed E-state index contributed by atoms with van der Waals surface area (Å²) in [6.07, 6.45) is 0. The van der Waals surface area contributed by atoms with Crippen molar-refractivity contribution in [1.82, 2.24) is 4.72 Å². The lowest BCUT2D eigenvalue weighted by Gasteiger charge is -2.10. The third-order valence-electron chi connectivity index (χ3n) is 3.59. The Morgan fingerprint density at radius 3 is 2.48 bits per heavy atom. The molecule has 0 aliphatic rings. The first-order chi connectivity index (χ1) is 12.0. The largest absolute Gasteiger partial charge is 0.505 e. The van der Waals surface area contributed by atoms with Crippen LogP contribution in [-0.2, 0) is 6.54 Å². The maximum Gasteiger partial charge on any atom is 0.149 e. The first-order valence-corrected chi connectivity index (χ1v) is 9.03. The SMILES string of the molecule is Oc1c(Cl)cc(Cl)cc1SNCc1cc(-c2ccccc2)ccc1F. The number of aromatic hydroxyl groups is 1. The lowest BCUT2D eigenvalue weighted by molar-refractivity contribution is 0.462. The lowest BCUT2D eigenvalue weighted by atomic mass is 10.0. The van der Waals surface area contributed by atoms with Gasteiger partial charge in [-0.15, -0.1) is 0 Å². The molecule has 0 saturated heterocycles. The topological polar surface area (TPSA) is 32.3 Å². The van der Waals surface area contributed by atoms with Gasteiger partial charge in [0.05, 0.1) is 9.92 Å². The van der Waals surface area contributed by atoms with Gasteiger partial charge in [-0.3, -0.25) is 4.72 Å². The maximum absolute atomic E-state index is 14.1. The van der Waals surface area contributed by atoms with Gasteiger partial charge in [0.15, 0.2) is 0 Å². The van der Waals surface area contributed by atoms with E-state index in [-0.39, 0.29) is 23.1 Å². The molecule has 0 aliphatic carbocycles. The van der Waals surface area contributed by atoms with E-state index < -0.39 is 0 Å². The normalized spacial score (nSPS) is 10.8. The first kappa shape index (κ1) is 18.1. The van der Waals surface area contributed by atoms with Crippen molar-refractivity contribution in [3.05, 3.63) is 82.1 Å². The number of hydrogen-bond acceptors (Lipinski definition) is 3. The predicted molar refractivity (Wildman–Crippen MR) is 103 cm³/mol. The second kappa shape index (κ2) is 8.11. The maximum atomic E-state index is 14.1. The predicted octanol–water partition coefficient (Wildman–Crippen LogP) is 6.30. The summed E-state index contributed by atoms with van der Waals surface area (Å²) in [5.41, 5.74) is 2.49. The van der Waals surface area contributed by atoms with E-state index in [4.69, 9.17) is 23.2 Å². The van der Waals surface area contributed by atoms with Crippen LogP contribution in [0, 0.1) is 5.82 Å². The third-order valence-corrected chi connectivity index (χ3v) is 4.92. The Bertz CT molecular complexity index is 890. The highest BCUT2D eigenvalue weighted by molar-refractivity contribution is 7.97. The summed E-state index contributed by atoms with van der Waals surface area (Å²) >= 11 is 13.0. The fourth-order valence-corrected chi connectivity index (χ4v) is 3.72. The molecule has 0 unspecified atom stereocenters. The van der Waals surface area contributed by atoms with Crippen LogP contribution >= 0.6 is 35.1 Å². The van der Waals surface area contributed by atoms with Crippen molar-refractivity contribution >= 4 is 35.1 Å². The molecule has 3 aromatic carbocycles. The van der Waals surface area contributed by atoms with Crippen molar-refractivity contribution < 1.29 is 9.50 Å². The summed E-state index contributed by atoms with van der Waals surface area (Å²) < 4.78 is 17.1. The van der Waals surface area contributed by atoms with E-state index in [1.807, 2.05) is 36.4 Å². The molecule has 0 bridgehead atoms. The number of hydrogen-bond donors (Lipinski definition) is 2. The van der Waals surface area contributed by atoms with Gasteiger partial charge in [-0.25, -0.2) is 4.39 Å². The van der Waals surface area contributed by atoms with Crippen LogP contribution in [0.1, 0.15) is 5.56 Å². The van der Waals surface area contributed by atoms with Crippen molar-refractivity contribution in [2.24, 2.45) is 0 Å². The molecule has 3 aromatic rings. The number of halogens is 3. The molecule has 2 N–H and O–H groups in total. The summed E-state index contributed by atoms with van der Waals surface area (Å²) in [6, 6.07) is 17.9. The third kappa shape index (κ3) is 4.47. The molecule has 2 nitrogen and oxygen atoms in total. The Morgan fingerprint density at radius 1 is 0.960 bits per heavy atom. The monoisotopic (exact) mass is 393 g/mol. The molecule has 0 radical (unpaired) electrons. The molecule has 0 aliphatic heterocycles. The van der Waals surface area contributed by atoms with Gasteiger partial charge in [-0.1, -0.05) is 59.6 Å². The summed E-state index contributed by atoms with van der Waals surface area (Å²) in [4.78, 5) is 0.483. The molecule has 0 saturated carbocycles. The zero-order chi connectivity index (χ0) is 17.8. The van der Waals surface area contributed by atoms with E-state index >= 15 is 0 Å². The van der Waals surface area contributed by atoms with Crippen LogP contribution in [0.4, 0.5) is 4.39 Å². The molecule has 0 spiro atoms. The van der Waals surface area contributed by atoms with Crippen molar-refractivity contribution in [2.45, 2.75) is 11.4 Å². The summed E-state index contributed by atoms with van der Waals surface area (Å²) in [5.74, 6) is -0.344. The van der Waals surface area contributed by atoms with Crippen molar-refractivity contribution in [3.63, 3.8) is 0 Å². The highest BCUT2D eigenvalue weighted by atomic mass is 35.5. The molecular weight excluding hydrogens is 380 g/mol. The van der Waals surface area contributed by atoms with E-state index in [9.17, 15) is 9.50 Å². The zero-order valence-corrected chi connectivity index (χ0v) is 15.3. The Morgan fingerprint density at radius 2 is 1.72 bits per heavy atom. The van der Waals surface area contributed by atoms with Crippen LogP contribution in [0.15, 0.2) is 65.6 Å². The minimum atomic E-state index is -0.291. The van der Waals surface area contributed by atoms with Crippen molar-refractivity contribution in [2.75, 3.05) is 0 Å². The molecule has 3 rings (SSSR count). The van der Waals surface area contributed by atoms with Gasteiger partial charge in [0.1, 0.15) is 11.6 Å². The Balaban J connectivity index is 1.73. The van der Waals surface area contributed by atoms with Crippen molar-refractivity contribution in [1.29, 1.82) is 0 Å². The van der Waals surface area contributed by atoms with Crippen LogP contribution < -0.4 is 4.72 Å². The number of rotatable bonds is 5. The second-order valence-corrected chi connectivity index (χ2v) is 7.11. The van der Waals surface area contributed by atoms with Crippen LogP contribution in [0.2, 0.25) is 10.0 Å². The first-order valence-electron chi connectivity index (χ1n) is 7.46. The van der Waals surface area contributed by atoms with Crippen LogP contribution in [0.5, 0.6) is 5.75 Å². The van der Waals surface area contributed by atoms with Gasteiger partial charge in [0.2, 0.25) is 0 Å². The van der Waals surface area contributed by atoms with E-state index in [2.05, 4.69) is 4.72 Å². The molecular formula is C19H14Cl2FNOS. The summed E-state index contributed by atoms with van der Waals surface area (Å²) in [6.45, 7) is 0.279. The van der Waals surface area contributed by atoms with Crippen molar-refractivity contribution in [3.8, 4) is 16.9 Å². The molecule has 0 heterocycles. The molecule has 0 aromatic heterocycles. The second-order valence-electron chi connectivity index (χ2n) is 5.33. The average molecular weight is 394 g/mol. The van der Waals surface area contributed by atoms with Gasteiger partial charge in [0.25, 0.3) is 0 Å². The highest BCUT2D eigenvalue weighted by Crippen LogP contribution is 2.36. The van der Waals surface area contributed by atoms with Crippen LogP contribution in [0.3, 0.4) is 0 Å². The Labute approximate surface area is 159 Å². The van der Waals surface area contributed by atoms with E-state index in [0.717, 1.165) is 23.1 Å². The van der Waals surface area contributed by atoms with Gasteiger partial charge < -0.3 is 5.11 Å². The van der Waals surface area contributed by atoms with Gasteiger partial charge in [0, 0.05) is 17.1 Å². The fraction of sp³-hybridized carbons (Fsp3) is 0.0526. The van der Waals surface area contributed by atoms with Gasteiger partial charge in [-0.2, -0.15) is 0 Å². The van der Waals surface area contributed by atoms with E-state index in [1.54, 1.807) is 12.1 Å². The minimum Gasteiger partial charge on any atom is -0.505 e. The number of phenolic OH excluding ortho intramolecular Hbond substituents is 1. The molecule has 0 fully saturated rings. The van der Waals surface area contributed by atoms with Gasteiger partial charge >= 0.3 is 0 Å². The van der Waals surface area contributed by atoms with Gasteiger partial charge in [-0.05, 0) is 47.3 Å². The number of nitrogens with one attached hydrogen (secondary N) is 1. The minimum absolute atomic E-state index is 0.0536. The molecule has 128 valence electrons. The Kier molecular flexibility index (Phi) is 5.86. The quantitative estimate of drug-likeness (QED) is 0.498. The smallest absolute Gasteiger partial charge is 0.149 e. The van der Waals surface area contributed by atoms with E-state index in [1.165, 1.54) is 12.1 Å². The van der Waals surface area contributed by atoms with E-state index in [0.29, 0.717) is 15.5 Å². The zero-order valence-electron chi connectivity index (χ0n) is 13.0. The highest BCUT2D eigenvalue weighted by Gasteiger charge is 2.10. The average Bonchev–Trinajstić information content (AvgIpc) is 2.61. The fourth-order valence-electron chi connectivity index (χ4n) is 2.33. The summed E-state index contributed by atoms with van der Waals surface area (Å²) in [5, 5.41) is 10.5. The number of benzene rings is 3. The lowest BCUT2D eigenvalue weighted by Crippen LogP contribution is -2.05. The standard InChI is InChI=1S/C19H14Cl2FNOS/c20-15-9-16(21)19(24)18(10-15)25-23-11-14-8-13(6-7-17(14)22)12-4-2-1-3-5-12/h1-10,23-24H,11H2. The molecule has 0 amide bonds. The van der Waals surface area contributed by atoms with Crippen LogP contribution in [0.25, 0.3) is 11.1 Å². The molecule has 6 heteroatoms. The van der Waals surface area contributed by atoms with Crippen LogP contribution in [-0.4, -0.2) is 5.11 Å². The number of phenols is 1. The molecule has 0 atom stereocenters. The Hall–Kier alpha value is -1.72. The summed E-state index contributed by atoms with van der Waals surface area (Å²) in [7, 11) is 0.